The van der Waals surface area contributed by atoms with Crippen molar-refractivity contribution in [3.63, 3.8) is 0 Å². The van der Waals surface area contributed by atoms with Crippen LogP contribution >= 0.6 is 0 Å². The molecule has 2 aromatic heterocycles. The fraction of sp³-hybridized carbons (Fsp3) is 0.190. The summed E-state index contributed by atoms with van der Waals surface area (Å²) in [6.45, 7) is 0. The maximum Gasteiger partial charge on any atom is 0.354 e. The fourth-order valence-electron chi connectivity index (χ4n) is 3.56. The van der Waals surface area contributed by atoms with Crippen molar-refractivity contribution < 1.29 is 14.7 Å². The molecule has 2 N–H and O–H groups in total. The average Bonchev–Trinajstić information content (AvgIpc) is 2.74. The standard InChI is InChI=1S/C21H18N4O3/c26-20(18-5-2-6-19(25-18)21(27)28)24-15-8-7-13-3-1-4-16(17(13)9-15)14-10-22-12-23-11-14/h1-6,10-12,15H,7-9H2,(H,24,26)(H,27,28). The maximum absolute atomic E-state index is 12.6. The second-order valence-corrected chi connectivity index (χ2v) is 6.70. The van der Waals surface area contributed by atoms with E-state index in [9.17, 15) is 9.59 Å². The first-order valence-corrected chi connectivity index (χ1v) is 8.99. The molecule has 0 spiro atoms. The van der Waals surface area contributed by atoms with Crippen LogP contribution in [0.3, 0.4) is 0 Å². The Labute approximate surface area is 161 Å². The fourth-order valence-corrected chi connectivity index (χ4v) is 3.56. The Morgan fingerprint density at radius 3 is 2.57 bits per heavy atom. The van der Waals surface area contributed by atoms with E-state index in [-0.39, 0.29) is 23.3 Å². The highest BCUT2D eigenvalue weighted by Crippen LogP contribution is 2.31. The lowest BCUT2D eigenvalue weighted by Crippen LogP contribution is -2.39. The van der Waals surface area contributed by atoms with Gasteiger partial charge < -0.3 is 10.4 Å². The minimum Gasteiger partial charge on any atom is -0.477 e. The van der Waals surface area contributed by atoms with Gasteiger partial charge in [-0.1, -0.05) is 24.3 Å². The first kappa shape index (κ1) is 17.8. The van der Waals surface area contributed by atoms with E-state index in [1.54, 1.807) is 12.4 Å². The molecule has 1 aromatic carbocycles. The Morgan fingerprint density at radius 2 is 1.79 bits per heavy atom. The number of fused-ring (bicyclic) bond motifs is 1. The Balaban J connectivity index is 1.55. The molecule has 1 aliphatic rings. The predicted octanol–water partition coefficient (Wildman–Crippen LogP) is 2.52. The lowest BCUT2D eigenvalue weighted by molar-refractivity contribution is 0.0690. The molecule has 0 radical (unpaired) electrons. The highest BCUT2D eigenvalue weighted by Gasteiger charge is 2.24. The number of benzene rings is 1. The number of aromatic carboxylic acids is 1. The van der Waals surface area contributed by atoms with E-state index >= 15 is 0 Å². The third-order valence-electron chi connectivity index (χ3n) is 4.89. The van der Waals surface area contributed by atoms with Gasteiger partial charge in [-0.25, -0.2) is 19.7 Å². The van der Waals surface area contributed by atoms with Crippen LogP contribution < -0.4 is 5.32 Å². The summed E-state index contributed by atoms with van der Waals surface area (Å²) in [6, 6.07) is 10.5. The Bertz CT molecular complexity index is 1040. The Morgan fingerprint density at radius 1 is 1.04 bits per heavy atom. The SMILES string of the molecule is O=C(O)c1cccc(C(=O)NC2CCc3cccc(-c4cncnc4)c3C2)n1. The molecule has 7 nitrogen and oxygen atoms in total. The van der Waals surface area contributed by atoms with Crippen LogP contribution in [0.15, 0.2) is 55.1 Å². The second-order valence-electron chi connectivity index (χ2n) is 6.70. The summed E-state index contributed by atoms with van der Waals surface area (Å²) in [4.78, 5) is 35.8. The second kappa shape index (κ2) is 7.56. The number of carbonyl (C=O) groups excluding carboxylic acids is 1. The molecule has 1 atom stereocenters. The van der Waals surface area contributed by atoms with Crippen molar-refractivity contribution in [2.75, 3.05) is 0 Å². The smallest absolute Gasteiger partial charge is 0.354 e. The van der Waals surface area contributed by atoms with Crippen LogP contribution in [-0.2, 0) is 12.8 Å². The average molecular weight is 374 g/mol. The number of hydrogen-bond donors (Lipinski definition) is 2. The molecule has 3 aromatic rings. The molecule has 7 heteroatoms. The molecule has 28 heavy (non-hydrogen) atoms. The van der Waals surface area contributed by atoms with Gasteiger partial charge in [-0.3, -0.25) is 4.79 Å². The minimum absolute atomic E-state index is 0.0546. The first-order valence-electron chi connectivity index (χ1n) is 8.99. The van der Waals surface area contributed by atoms with E-state index in [1.165, 1.54) is 35.7 Å². The van der Waals surface area contributed by atoms with Gasteiger partial charge in [-0.2, -0.15) is 0 Å². The summed E-state index contributed by atoms with van der Waals surface area (Å²) in [5, 5.41) is 12.1. The van der Waals surface area contributed by atoms with Crippen LogP contribution in [0.5, 0.6) is 0 Å². The van der Waals surface area contributed by atoms with Crippen LogP contribution in [0.4, 0.5) is 0 Å². The molecule has 0 fully saturated rings. The number of amides is 1. The number of rotatable bonds is 4. The van der Waals surface area contributed by atoms with Gasteiger partial charge >= 0.3 is 5.97 Å². The highest BCUT2D eigenvalue weighted by atomic mass is 16.4. The van der Waals surface area contributed by atoms with Gasteiger partial charge in [0.05, 0.1) is 0 Å². The Kier molecular flexibility index (Phi) is 4.80. The molecule has 0 aliphatic heterocycles. The lowest BCUT2D eigenvalue weighted by Gasteiger charge is -2.27. The minimum atomic E-state index is -1.16. The third-order valence-corrected chi connectivity index (χ3v) is 4.89. The number of nitrogens with one attached hydrogen (secondary N) is 1. The van der Waals surface area contributed by atoms with E-state index in [0.29, 0.717) is 6.42 Å². The number of aromatic nitrogens is 3. The number of carbonyl (C=O) groups is 2. The van der Waals surface area contributed by atoms with Crippen LogP contribution in [0.2, 0.25) is 0 Å². The zero-order valence-corrected chi connectivity index (χ0v) is 15.0. The van der Waals surface area contributed by atoms with Gasteiger partial charge in [0.2, 0.25) is 0 Å². The van der Waals surface area contributed by atoms with Gasteiger partial charge in [-0.05, 0) is 48.1 Å². The van der Waals surface area contributed by atoms with Crippen molar-refractivity contribution in [3.8, 4) is 11.1 Å². The largest absolute Gasteiger partial charge is 0.477 e. The summed E-state index contributed by atoms with van der Waals surface area (Å²) >= 11 is 0. The molecule has 0 bridgehead atoms. The maximum atomic E-state index is 12.6. The molecule has 140 valence electrons. The zero-order chi connectivity index (χ0) is 19.5. The first-order chi connectivity index (χ1) is 13.6. The highest BCUT2D eigenvalue weighted by molar-refractivity contribution is 5.94. The normalized spacial score (nSPS) is 15.5. The zero-order valence-electron chi connectivity index (χ0n) is 15.0. The van der Waals surface area contributed by atoms with Crippen LogP contribution in [0.25, 0.3) is 11.1 Å². The monoisotopic (exact) mass is 374 g/mol. The van der Waals surface area contributed by atoms with E-state index < -0.39 is 5.97 Å². The van der Waals surface area contributed by atoms with E-state index in [1.807, 2.05) is 12.1 Å². The molecular formula is C21H18N4O3. The topological polar surface area (TPSA) is 105 Å². The van der Waals surface area contributed by atoms with Gasteiger partial charge in [0.15, 0.2) is 0 Å². The van der Waals surface area contributed by atoms with Crippen LogP contribution in [0, 0.1) is 0 Å². The number of pyridine rings is 1. The molecule has 0 saturated carbocycles. The van der Waals surface area contributed by atoms with Gasteiger partial charge in [-0.15, -0.1) is 0 Å². The van der Waals surface area contributed by atoms with Crippen LogP contribution in [0.1, 0.15) is 38.5 Å². The van der Waals surface area contributed by atoms with E-state index in [2.05, 4.69) is 26.3 Å². The van der Waals surface area contributed by atoms with Crippen molar-refractivity contribution in [2.45, 2.75) is 25.3 Å². The quantitative estimate of drug-likeness (QED) is 0.727. The summed E-state index contributed by atoms with van der Waals surface area (Å²) < 4.78 is 0. The van der Waals surface area contributed by atoms with Crippen molar-refractivity contribution >= 4 is 11.9 Å². The summed E-state index contributed by atoms with van der Waals surface area (Å²) in [5.41, 5.74) is 4.42. The number of aryl methyl sites for hydroxylation is 1. The molecule has 1 unspecified atom stereocenters. The summed E-state index contributed by atoms with van der Waals surface area (Å²) in [7, 11) is 0. The number of nitrogens with zero attached hydrogens (tertiary/aromatic N) is 3. The van der Waals surface area contributed by atoms with Crippen molar-refractivity contribution in [3.05, 3.63) is 77.6 Å². The Hall–Kier alpha value is -3.61. The summed E-state index contributed by atoms with van der Waals surface area (Å²) in [5.74, 6) is -1.52. The summed E-state index contributed by atoms with van der Waals surface area (Å²) in [6.07, 6.45) is 7.42. The molecule has 1 amide bonds. The van der Waals surface area contributed by atoms with E-state index in [0.717, 1.165) is 24.0 Å². The number of carboxylic acids is 1. The predicted molar refractivity (Wildman–Crippen MR) is 102 cm³/mol. The molecule has 4 rings (SSSR count). The van der Waals surface area contributed by atoms with E-state index in [4.69, 9.17) is 5.11 Å². The lowest BCUT2D eigenvalue weighted by atomic mass is 9.84. The molecule has 1 aliphatic carbocycles. The molecule has 2 heterocycles. The van der Waals surface area contributed by atoms with Gasteiger partial charge in [0, 0.05) is 24.0 Å². The van der Waals surface area contributed by atoms with Crippen molar-refractivity contribution in [1.29, 1.82) is 0 Å². The van der Waals surface area contributed by atoms with Gasteiger partial charge in [0.1, 0.15) is 17.7 Å². The number of hydrogen-bond acceptors (Lipinski definition) is 5. The third kappa shape index (κ3) is 3.59. The molecular weight excluding hydrogens is 356 g/mol. The van der Waals surface area contributed by atoms with Crippen LogP contribution in [-0.4, -0.2) is 38.0 Å². The van der Waals surface area contributed by atoms with Gasteiger partial charge in [0.25, 0.3) is 5.91 Å². The molecule has 0 saturated heterocycles. The number of carboxylic acid groups (broad SMARTS) is 1. The van der Waals surface area contributed by atoms with Crippen molar-refractivity contribution in [2.24, 2.45) is 0 Å². The van der Waals surface area contributed by atoms with Crippen molar-refractivity contribution in [1.82, 2.24) is 20.3 Å².